The molecule has 28 heavy (non-hydrogen) atoms. The normalized spacial score (nSPS) is 14.6. The molecule has 7 heteroatoms. The minimum Gasteiger partial charge on any atom is -0.497 e. The Morgan fingerprint density at radius 1 is 1.11 bits per heavy atom. The lowest BCUT2D eigenvalue weighted by Gasteiger charge is -2.32. The Bertz CT molecular complexity index is 832. The number of carbonyl (C=O) groups excluding carboxylic acids is 2. The van der Waals surface area contributed by atoms with E-state index in [1.54, 1.807) is 13.2 Å². The van der Waals surface area contributed by atoms with Crippen LogP contribution in [0.2, 0.25) is 0 Å². The maximum absolute atomic E-state index is 12.7. The van der Waals surface area contributed by atoms with Crippen molar-refractivity contribution in [3.63, 3.8) is 0 Å². The van der Waals surface area contributed by atoms with Crippen LogP contribution in [0.4, 0.5) is 0 Å². The minimum atomic E-state index is -0.233. The van der Waals surface area contributed by atoms with Crippen LogP contribution >= 0.6 is 0 Å². The quantitative estimate of drug-likeness (QED) is 0.819. The van der Waals surface area contributed by atoms with E-state index in [1.165, 1.54) is 12.4 Å². The van der Waals surface area contributed by atoms with Crippen LogP contribution in [0.15, 0.2) is 42.7 Å². The van der Waals surface area contributed by atoms with Crippen LogP contribution in [-0.4, -0.2) is 73.5 Å². The number of hydrogen-bond donors (Lipinski definition) is 1. The van der Waals surface area contributed by atoms with Crippen LogP contribution in [-0.2, 0) is 6.42 Å². The molecular weight excluding hydrogens is 356 g/mol. The zero-order chi connectivity index (χ0) is 19.9. The van der Waals surface area contributed by atoms with Gasteiger partial charge in [-0.25, -0.2) is 0 Å². The van der Waals surface area contributed by atoms with Crippen LogP contribution in [0, 0.1) is 0 Å². The minimum absolute atomic E-state index is 0.0772. The monoisotopic (exact) mass is 382 g/mol. The molecule has 0 aliphatic carbocycles. The molecule has 1 aliphatic rings. The van der Waals surface area contributed by atoms with E-state index in [1.807, 2.05) is 36.2 Å². The predicted molar refractivity (Wildman–Crippen MR) is 107 cm³/mol. The number of nitrogens with zero attached hydrogens (tertiary/aromatic N) is 3. The Kier molecular flexibility index (Phi) is 6.60. The lowest BCUT2D eigenvalue weighted by Crippen LogP contribution is -2.47. The van der Waals surface area contributed by atoms with Gasteiger partial charge in [-0.05, 0) is 37.2 Å². The number of methoxy groups -OCH3 is 1. The molecule has 0 bridgehead atoms. The van der Waals surface area contributed by atoms with Crippen molar-refractivity contribution in [1.29, 1.82) is 0 Å². The van der Waals surface area contributed by atoms with E-state index in [0.717, 1.165) is 24.4 Å². The Balaban J connectivity index is 1.56. The number of amides is 2. The molecule has 1 fully saturated rings. The van der Waals surface area contributed by atoms with E-state index >= 15 is 0 Å². The van der Waals surface area contributed by atoms with Gasteiger partial charge in [0.25, 0.3) is 11.8 Å². The fraction of sp³-hybridized carbons (Fsp3) is 0.381. The maximum Gasteiger partial charge on any atom is 0.255 e. The number of carbonyl (C=O) groups is 2. The number of likely N-dealkylation sites (N-methyl/N-ethyl adjacent to an activating group) is 1. The Morgan fingerprint density at radius 2 is 1.86 bits per heavy atom. The van der Waals surface area contributed by atoms with Gasteiger partial charge in [0.05, 0.1) is 18.2 Å². The number of aromatic nitrogens is 1. The Morgan fingerprint density at radius 3 is 2.61 bits per heavy atom. The van der Waals surface area contributed by atoms with Gasteiger partial charge in [0.2, 0.25) is 0 Å². The fourth-order valence-corrected chi connectivity index (χ4v) is 3.12. The molecule has 2 aromatic rings. The molecule has 7 nitrogen and oxygen atoms in total. The molecule has 0 radical (unpaired) electrons. The number of benzene rings is 1. The maximum atomic E-state index is 12.7. The first-order chi connectivity index (χ1) is 13.6. The van der Waals surface area contributed by atoms with E-state index in [2.05, 4.69) is 15.2 Å². The topological polar surface area (TPSA) is 74.8 Å². The summed E-state index contributed by atoms with van der Waals surface area (Å²) in [6.07, 6.45) is 3.70. The Labute approximate surface area is 165 Å². The van der Waals surface area contributed by atoms with Crippen LogP contribution < -0.4 is 10.1 Å². The highest BCUT2D eigenvalue weighted by Gasteiger charge is 2.21. The summed E-state index contributed by atoms with van der Waals surface area (Å²) in [5.74, 6) is 0.484. The third-order valence-electron chi connectivity index (χ3n) is 4.87. The standard InChI is InChI=1S/C21H26N4O3/c1-24-8-10-25(11-9-24)21(27)18-13-17(14-22-15-18)20(26)23-7-6-16-4-3-5-19(12-16)28-2/h3-5,12-15H,6-11H2,1-2H3,(H,23,26). The van der Waals surface area contributed by atoms with E-state index in [9.17, 15) is 9.59 Å². The fourth-order valence-electron chi connectivity index (χ4n) is 3.12. The number of hydrogen-bond acceptors (Lipinski definition) is 5. The summed E-state index contributed by atoms with van der Waals surface area (Å²) >= 11 is 0. The third kappa shape index (κ3) is 5.07. The van der Waals surface area contributed by atoms with Gasteiger partial charge in [0, 0.05) is 45.1 Å². The lowest BCUT2D eigenvalue weighted by atomic mass is 10.1. The zero-order valence-electron chi connectivity index (χ0n) is 16.4. The molecule has 0 unspecified atom stereocenters. The van der Waals surface area contributed by atoms with E-state index in [-0.39, 0.29) is 11.8 Å². The van der Waals surface area contributed by atoms with Crippen molar-refractivity contribution in [3.05, 3.63) is 59.4 Å². The van der Waals surface area contributed by atoms with Crippen molar-refractivity contribution >= 4 is 11.8 Å². The van der Waals surface area contributed by atoms with Crippen molar-refractivity contribution in [3.8, 4) is 5.75 Å². The van der Waals surface area contributed by atoms with Crippen molar-refractivity contribution in [2.24, 2.45) is 0 Å². The molecular formula is C21H26N4O3. The molecule has 1 aromatic heterocycles. The molecule has 1 aliphatic heterocycles. The zero-order valence-corrected chi connectivity index (χ0v) is 16.4. The van der Waals surface area contributed by atoms with Crippen LogP contribution in [0.25, 0.3) is 0 Å². The molecule has 0 saturated carbocycles. The van der Waals surface area contributed by atoms with Gasteiger partial charge in [-0.15, -0.1) is 0 Å². The van der Waals surface area contributed by atoms with E-state index < -0.39 is 0 Å². The first-order valence-corrected chi connectivity index (χ1v) is 9.41. The summed E-state index contributed by atoms with van der Waals surface area (Å²) in [6.45, 7) is 3.56. The van der Waals surface area contributed by atoms with Gasteiger partial charge in [-0.3, -0.25) is 14.6 Å². The number of ether oxygens (including phenoxy) is 1. The second-order valence-electron chi connectivity index (χ2n) is 6.92. The highest BCUT2D eigenvalue weighted by atomic mass is 16.5. The molecule has 1 N–H and O–H groups in total. The highest BCUT2D eigenvalue weighted by molar-refractivity contribution is 5.99. The summed E-state index contributed by atoms with van der Waals surface area (Å²) in [5.41, 5.74) is 1.92. The number of nitrogens with one attached hydrogen (secondary N) is 1. The van der Waals surface area contributed by atoms with Crippen LogP contribution in [0.3, 0.4) is 0 Å². The molecule has 148 valence electrons. The van der Waals surface area contributed by atoms with Gasteiger partial charge < -0.3 is 19.9 Å². The van der Waals surface area contributed by atoms with Gasteiger partial charge in [0.15, 0.2) is 0 Å². The molecule has 0 spiro atoms. The van der Waals surface area contributed by atoms with Crippen LogP contribution in [0.5, 0.6) is 5.75 Å². The average molecular weight is 382 g/mol. The first kappa shape index (κ1) is 19.8. The number of piperazine rings is 1. The summed E-state index contributed by atoms with van der Waals surface area (Å²) in [6, 6.07) is 9.37. The highest BCUT2D eigenvalue weighted by Crippen LogP contribution is 2.13. The number of pyridine rings is 1. The third-order valence-corrected chi connectivity index (χ3v) is 4.87. The largest absolute Gasteiger partial charge is 0.497 e. The first-order valence-electron chi connectivity index (χ1n) is 9.41. The number of rotatable bonds is 6. The van der Waals surface area contributed by atoms with Gasteiger partial charge >= 0.3 is 0 Å². The molecule has 2 heterocycles. The molecule has 2 amide bonds. The van der Waals surface area contributed by atoms with Crippen molar-refractivity contribution in [1.82, 2.24) is 20.1 Å². The van der Waals surface area contributed by atoms with Crippen molar-refractivity contribution in [2.75, 3.05) is 46.9 Å². The van der Waals surface area contributed by atoms with Gasteiger partial charge in [0.1, 0.15) is 5.75 Å². The van der Waals surface area contributed by atoms with E-state index in [0.29, 0.717) is 37.2 Å². The van der Waals surface area contributed by atoms with Gasteiger partial charge in [-0.2, -0.15) is 0 Å². The summed E-state index contributed by atoms with van der Waals surface area (Å²) in [4.78, 5) is 33.2. The molecule has 0 atom stereocenters. The summed E-state index contributed by atoms with van der Waals surface area (Å²) in [7, 11) is 3.67. The second kappa shape index (κ2) is 9.32. The van der Waals surface area contributed by atoms with Crippen molar-refractivity contribution < 1.29 is 14.3 Å². The summed E-state index contributed by atoms with van der Waals surface area (Å²) < 4.78 is 5.21. The van der Waals surface area contributed by atoms with Crippen LogP contribution in [0.1, 0.15) is 26.3 Å². The van der Waals surface area contributed by atoms with Crippen molar-refractivity contribution in [2.45, 2.75) is 6.42 Å². The van der Waals surface area contributed by atoms with Gasteiger partial charge in [-0.1, -0.05) is 12.1 Å². The average Bonchev–Trinajstić information content (AvgIpc) is 2.74. The second-order valence-corrected chi connectivity index (χ2v) is 6.92. The SMILES string of the molecule is COc1cccc(CCNC(=O)c2cncc(C(=O)N3CCN(C)CC3)c2)c1. The summed E-state index contributed by atoms with van der Waals surface area (Å²) in [5, 5.41) is 2.89. The molecule has 1 aromatic carbocycles. The smallest absolute Gasteiger partial charge is 0.255 e. The molecule has 1 saturated heterocycles. The molecule has 3 rings (SSSR count). The Hall–Kier alpha value is -2.93. The van der Waals surface area contributed by atoms with E-state index in [4.69, 9.17) is 4.74 Å². The lowest BCUT2D eigenvalue weighted by molar-refractivity contribution is 0.0663. The predicted octanol–water partition coefficient (Wildman–Crippen LogP) is 1.45.